The molecule has 0 rings (SSSR count). The molecule has 1 unspecified atom stereocenters. The second-order valence-electron chi connectivity index (χ2n) is 3.96. The number of hydrogen-bond donors (Lipinski definition) is 0. The SMILES string of the molecule is C=CCC(C)C(=O)OC(C)(C)C. The lowest BCUT2D eigenvalue weighted by molar-refractivity contribution is -0.159. The van der Waals surface area contributed by atoms with Crippen LogP contribution < -0.4 is 0 Å². The maximum absolute atomic E-state index is 11.3. The highest BCUT2D eigenvalue weighted by atomic mass is 16.6. The van der Waals surface area contributed by atoms with Crippen LogP contribution in [0.1, 0.15) is 34.1 Å². The van der Waals surface area contributed by atoms with Gasteiger partial charge >= 0.3 is 5.97 Å². The van der Waals surface area contributed by atoms with Gasteiger partial charge in [0, 0.05) is 0 Å². The van der Waals surface area contributed by atoms with Crippen LogP contribution in [0.5, 0.6) is 0 Å². The van der Waals surface area contributed by atoms with Crippen LogP contribution in [-0.2, 0) is 9.53 Å². The van der Waals surface area contributed by atoms with Gasteiger partial charge in [0.25, 0.3) is 0 Å². The third-order valence-corrected chi connectivity index (χ3v) is 1.33. The highest BCUT2D eigenvalue weighted by Crippen LogP contribution is 2.13. The first-order valence-electron chi connectivity index (χ1n) is 4.20. The fourth-order valence-electron chi connectivity index (χ4n) is 0.749. The first kappa shape index (κ1) is 11.2. The van der Waals surface area contributed by atoms with Crippen molar-refractivity contribution in [3.63, 3.8) is 0 Å². The topological polar surface area (TPSA) is 26.3 Å². The molecule has 2 heteroatoms. The maximum atomic E-state index is 11.3. The Morgan fingerprint density at radius 3 is 2.42 bits per heavy atom. The van der Waals surface area contributed by atoms with Crippen molar-refractivity contribution >= 4 is 5.97 Å². The van der Waals surface area contributed by atoms with E-state index in [1.807, 2.05) is 27.7 Å². The fraction of sp³-hybridized carbons (Fsp3) is 0.700. The maximum Gasteiger partial charge on any atom is 0.309 e. The van der Waals surface area contributed by atoms with Crippen LogP contribution in [0.4, 0.5) is 0 Å². The first-order chi connectivity index (χ1) is 5.37. The average Bonchev–Trinajstić information content (AvgIpc) is 1.84. The van der Waals surface area contributed by atoms with Crippen LogP contribution in [0, 0.1) is 5.92 Å². The molecule has 0 aromatic rings. The molecule has 0 amide bonds. The van der Waals surface area contributed by atoms with E-state index in [-0.39, 0.29) is 17.5 Å². The molecule has 0 saturated heterocycles. The second kappa shape index (κ2) is 4.29. The Bertz CT molecular complexity index is 165. The molecule has 0 aliphatic heterocycles. The number of rotatable bonds is 3. The average molecular weight is 170 g/mol. The quantitative estimate of drug-likeness (QED) is 0.480. The fourth-order valence-corrected chi connectivity index (χ4v) is 0.749. The Morgan fingerprint density at radius 2 is 2.08 bits per heavy atom. The number of carbonyl (C=O) groups is 1. The van der Waals surface area contributed by atoms with Crippen molar-refractivity contribution in [2.75, 3.05) is 0 Å². The van der Waals surface area contributed by atoms with Gasteiger partial charge in [-0.15, -0.1) is 6.58 Å². The molecule has 0 aromatic carbocycles. The summed E-state index contributed by atoms with van der Waals surface area (Å²) in [6, 6.07) is 0. The van der Waals surface area contributed by atoms with Crippen molar-refractivity contribution in [2.45, 2.75) is 39.7 Å². The molecule has 0 aromatic heterocycles. The third-order valence-electron chi connectivity index (χ3n) is 1.33. The standard InChI is InChI=1S/C10H18O2/c1-6-7-8(2)9(11)12-10(3,4)5/h6,8H,1,7H2,2-5H3. The smallest absolute Gasteiger partial charge is 0.309 e. The van der Waals surface area contributed by atoms with E-state index < -0.39 is 0 Å². The molecule has 0 saturated carbocycles. The monoisotopic (exact) mass is 170 g/mol. The van der Waals surface area contributed by atoms with Gasteiger partial charge in [0.05, 0.1) is 5.92 Å². The molecule has 0 spiro atoms. The van der Waals surface area contributed by atoms with Crippen molar-refractivity contribution < 1.29 is 9.53 Å². The Labute approximate surface area is 74.6 Å². The third kappa shape index (κ3) is 4.94. The van der Waals surface area contributed by atoms with Gasteiger partial charge in [-0.2, -0.15) is 0 Å². The lowest BCUT2D eigenvalue weighted by atomic mass is 10.1. The molecule has 0 fully saturated rings. The Hall–Kier alpha value is -0.790. The predicted molar refractivity (Wildman–Crippen MR) is 49.8 cm³/mol. The van der Waals surface area contributed by atoms with Crippen LogP contribution in [0.3, 0.4) is 0 Å². The number of allylic oxidation sites excluding steroid dienone is 1. The Balaban J connectivity index is 3.95. The summed E-state index contributed by atoms with van der Waals surface area (Å²) in [5.41, 5.74) is -0.382. The molecular weight excluding hydrogens is 152 g/mol. The van der Waals surface area contributed by atoms with E-state index in [2.05, 4.69) is 6.58 Å². The van der Waals surface area contributed by atoms with Gasteiger partial charge in [-0.05, 0) is 27.2 Å². The highest BCUT2D eigenvalue weighted by Gasteiger charge is 2.20. The van der Waals surface area contributed by atoms with E-state index in [9.17, 15) is 4.79 Å². The van der Waals surface area contributed by atoms with Crippen molar-refractivity contribution in [3.8, 4) is 0 Å². The van der Waals surface area contributed by atoms with Crippen LogP contribution in [0.25, 0.3) is 0 Å². The summed E-state index contributed by atoms with van der Waals surface area (Å²) in [4.78, 5) is 11.3. The summed E-state index contributed by atoms with van der Waals surface area (Å²) in [6.45, 7) is 11.0. The minimum absolute atomic E-state index is 0.0817. The summed E-state index contributed by atoms with van der Waals surface area (Å²) in [7, 11) is 0. The van der Waals surface area contributed by atoms with E-state index >= 15 is 0 Å². The lowest BCUT2D eigenvalue weighted by Crippen LogP contribution is -2.27. The van der Waals surface area contributed by atoms with E-state index in [0.29, 0.717) is 6.42 Å². The van der Waals surface area contributed by atoms with Gasteiger partial charge in [-0.3, -0.25) is 4.79 Å². The Kier molecular flexibility index (Phi) is 4.01. The van der Waals surface area contributed by atoms with Crippen molar-refractivity contribution in [3.05, 3.63) is 12.7 Å². The molecular formula is C10H18O2. The summed E-state index contributed by atoms with van der Waals surface area (Å²) < 4.78 is 5.17. The van der Waals surface area contributed by atoms with Crippen LogP contribution >= 0.6 is 0 Å². The highest BCUT2D eigenvalue weighted by molar-refractivity contribution is 5.72. The van der Waals surface area contributed by atoms with Gasteiger partial charge in [0.1, 0.15) is 5.60 Å². The number of hydrogen-bond acceptors (Lipinski definition) is 2. The summed E-state index contributed by atoms with van der Waals surface area (Å²) in [5.74, 6) is -0.232. The molecule has 0 aliphatic rings. The number of carbonyl (C=O) groups excluding carboxylic acids is 1. The van der Waals surface area contributed by atoms with Crippen LogP contribution in [0.15, 0.2) is 12.7 Å². The van der Waals surface area contributed by atoms with Gasteiger partial charge < -0.3 is 4.74 Å². The summed E-state index contributed by atoms with van der Waals surface area (Å²) in [6.07, 6.45) is 2.41. The molecule has 12 heavy (non-hydrogen) atoms. The zero-order valence-electron chi connectivity index (χ0n) is 8.39. The summed E-state index contributed by atoms with van der Waals surface area (Å²) in [5, 5.41) is 0. The van der Waals surface area contributed by atoms with Gasteiger partial charge in [0.15, 0.2) is 0 Å². The number of esters is 1. The molecule has 0 radical (unpaired) electrons. The molecule has 1 atom stereocenters. The van der Waals surface area contributed by atoms with E-state index in [1.165, 1.54) is 0 Å². The summed E-state index contributed by atoms with van der Waals surface area (Å²) >= 11 is 0. The van der Waals surface area contributed by atoms with E-state index in [0.717, 1.165) is 0 Å². The lowest BCUT2D eigenvalue weighted by Gasteiger charge is -2.21. The van der Waals surface area contributed by atoms with Crippen LogP contribution in [-0.4, -0.2) is 11.6 Å². The minimum Gasteiger partial charge on any atom is -0.460 e. The van der Waals surface area contributed by atoms with Crippen molar-refractivity contribution in [1.29, 1.82) is 0 Å². The molecule has 0 aliphatic carbocycles. The zero-order valence-corrected chi connectivity index (χ0v) is 8.39. The molecule has 0 N–H and O–H groups in total. The first-order valence-corrected chi connectivity index (χ1v) is 4.20. The zero-order chi connectivity index (χ0) is 9.78. The minimum atomic E-state index is -0.382. The van der Waals surface area contributed by atoms with E-state index in [1.54, 1.807) is 6.08 Å². The van der Waals surface area contributed by atoms with Crippen molar-refractivity contribution in [2.24, 2.45) is 5.92 Å². The predicted octanol–water partition coefficient (Wildman–Crippen LogP) is 2.54. The molecule has 0 bridgehead atoms. The van der Waals surface area contributed by atoms with Gasteiger partial charge in [-0.1, -0.05) is 13.0 Å². The largest absolute Gasteiger partial charge is 0.460 e. The van der Waals surface area contributed by atoms with Crippen LogP contribution in [0.2, 0.25) is 0 Å². The Morgan fingerprint density at radius 1 is 1.58 bits per heavy atom. The van der Waals surface area contributed by atoms with Gasteiger partial charge in [0.2, 0.25) is 0 Å². The van der Waals surface area contributed by atoms with Gasteiger partial charge in [-0.25, -0.2) is 0 Å². The normalized spacial score (nSPS) is 13.7. The van der Waals surface area contributed by atoms with Crippen molar-refractivity contribution in [1.82, 2.24) is 0 Å². The van der Waals surface area contributed by atoms with E-state index in [4.69, 9.17) is 4.74 Å². The second-order valence-corrected chi connectivity index (χ2v) is 3.96. The molecule has 70 valence electrons. The molecule has 0 heterocycles. The number of ether oxygens (including phenoxy) is 1. The molecule has 2 nitrogen and oxygen atoms in total.